The van der Waals surface area contributed by atoms with Crippen molar-refractivity contribution in [2.24, 2.45) is 0 Å². The van der Waals surface area contributed by atoms with Crippen molar-refractivity contribution in [2.75, 3.05) is 0 Å². The van der Waals surface area contributed by atoms with Crippen molar-refractivity contribution in [3.05, 3.63) is 59.1 Å². The summed E-state index contributed by atoms with van der Waals surface area (Å²) in [6.07, 6.45) is 2.55. The van der Waals surface area contributed by atoms with Gasteiger partial charge in [-0.1, -0.05) is 28.9 Å². The van der Waals surface area contributed by atoms with Crippen molar-refractivity contribution < 1.29 is 9.90 Å². The van der Waals surface area contributed by atoms with Gasteiger partial charge < -0.3 is 5.11 Å². The minimum atomic E-state index is -1.02. The Kier molecular flexibility index (Phi) is 3.41. The van der Waals surface area contributed by atoms with Gasteiger partial charge in [0.1, 0.15) is 5.52 Å². The molecule has 0 aliphatic carbocycles. The first kappa shape index (κ1) is 13.3. The largest absolute Gasteiger partial charge is 0.478 e. The van der Waals surface area contributed by atoms with E-state index in [0.717, 1.165) is 17.1 Å². The van der Waals surface area contributed by atoms with Gasteiger partial charge in [0.15, 0.2) is 0 Å². The van der Waals surface area contributed by atoms with Crippen LogP contribution in [-0.4, -0.2) is 26.1 Å². The summed E-state index contributed by atoms with van der Waals surface area (Å²) in [6, 6.07) is 12.7. The van der Waals surface area contributed by atoms with E-state index < -0.39 is 5.97 Å². The van der Waals surface area contributed by atoms with Crippen LogP contribution >= 0.6 is 11.6 Å². The van der Waals surface area contributed by atoms with Crippen LogP contribution < -0.4 is 0 Å². The van der Waals surface area contributed by atoms with Gasteiger partial charge >= 0.3 is 5.97 Å². The lowest BCUT2D eigenvalue weighted by Crippen LogP contribution is -1.99. The predicted molar refractivity (Wildman–Crippen MR) is 80.5 cm³/mol. The molecular weight excluding hydrogens is 290 g/mol. The van der Waals surface area contributed by atoms with Crippen LogP contribution in [0.1, 0.15) is 5.56 Å². The van der Waals surface area contributed by atoms with Crippen LogP contribution in [0.3, 0.4) is 0 Å². The number of benzene rings is 2. The summed E-state index contributed by atoms with van der Waals surface area (Å²) in [5, 5.41) is 17.5. The van der Waals surface area contributed by atoms with Crippen molar-refractivity contribution >= 4 is 34.7 Å². The molecule has 3 rings (SSSR count). The first-order chi connectivity index (χ1) is 10.1. The van der Waals surface area contributed by atoms with Gasteiger partial charge in [0.25, 0.3) is 0 Å². The average molecular weight is 300 g/mol. The SMILES string of the molecule is O=C(O)/C=C/c1cc(Cl)ccc1-n1nnc2ccccc21. The molecule has 1 aromatic heterocycles. The predicted octanol–water partition coefficient (Wildman–Crippen LogP) is 3.17. The Morgan fingerprint density at radius 3 is 2.86 bits per heavy atom. The number of hydrogen-bond donors (Lipinski definition) is 1. The van der Waals surface area contributed by atoms with Crippen LogP contribution in [-0.2, 0) is 4.79 Å². The Balaban J connectivity index is 2.20. The number of carboxylic acids is 1. The van der Waals surface area contributed by atoms with Crippen LogP contribution in [0.25, 0.3) is 22.8 Å². The molecule has 3 aromatic rings. The molecule has 1 heterocycles. The summed E-state index contributed by atoms with van der Waals surface area (Å²) < 4.78 is 1.66. The lowest BCUT2D eigenvalue weighted by Gasteiger charge is -2.07. The smallest absolute Gasteiger partial charge is 0.328 e. The molecule has 0 saturated heterocycles. The third kappa shape index (κ3) is 2.64. The van der Waals surface area contributed by atoms with Gasteiger partial charge in [-0.2, -0.15) is 0 Å². The van der Waals surface area contributed by atoms with Crippen molar-refractivity contribution in [1.82, 2.24) is 15.0 Å². The number of hydrogen-bond acceptors (Lipinski definition) is 3. The average Bonchev–Trinajstić information content (AvgIpc) is 2.89. The summed E-state index contributed by atoms with van der Waals surface area (Å²) in [7, 11) is 0. The topological polar surface area (TPSA) is 68.0 Å². The van der Waals surface area contributed by atoms with E-state index in [1.54, 1.807) is 22.9 Å². The van der Waals surface area contributed by atoms with E-state index >= 15 is 0 Å². The number of carbonyl (C=O) groups is 1. The lowest BCUT2D eigenvalue weighted by molar-refractivity contribution is -0.131. The van der Waals surface area contributed by atoms with Crippen molar-refractivity contribution in [2.45, 2.75) is 0 Å². The van der Waals surface area contributed by atoms with E-state index in [1.165, 1.54) is 6.08 Å². The summed E-state index contributed by atoms with van der Waals surface area (Å²) in [5.41, 5.74) is 2.97. The molecule has 0 bridgehead atoms. The van der Waals surface area contributed by atoms with Crippen LogP contribution in [0.2, 0.25) is 5.02 Å². The highest BCUT2D eigenvalue weighted by atomic mass is 35.5. The fourth-order valence-electron chi connectivity index (χ4n) is 2.06. The number of para-hydroxylation sites is 1. The first-order valence-corrected chi connectivity index (χ1v) is 6.54. The highest BCUT2D eigenvalue weighted by Gasteiger charge is 2.09. The zero-order valence-corrected chi connectivity index (χ0v) is 11.5. The molecule has 0 spiro atoms. The summed E-state index contributed by atoms with van der Waals surface area (Å²) in [4.78, 5) is 10.7. The molecule has 0 saturated carbocycles. The third-order valence-corrected chi connectivity index (χ3v) is 3.21. The molecule has 2 aromatic carbocycles. The number of fused-ring (bicyclic) bond motifs is 1. The molecule has 104 valence electrons. The zero-order valence-electron chi connectivity index (χ0n) is 10.8. The molecule has 0 fully saturated rings. The second-order valence-corrected chi connectivity index (χ2v) is 4.80. The molecule has 0 aliphatic rings. The van der Waals surface area contributed by atoms with E-state index in [-0.39, 0.29) is 0 Å². The first-order valence-electron chi connectivity index (χ1n) is 6.16. The van der Waals surface area contributed by atoms with E-state index in [2.05, 4.69) is 10.3 Å². The van der Waals surface area contributed by atoms with E-state index in [0.29, 0.717) is 16.3 Å². The van der Waals surface area contributed by atoms with E-state index in [1.807, 2.05) is 24.3 Å². The number of aromatic nitrogens is 3. The van der Waals surface area contributed by atoms with Crippen molar-refractivity contribution in [1.29, 1.82) is 0 Å². The summed E-state index contributed by atoms with van der Waals surface area (Å²) >= 11 is 5.99. The fraction of sp³-hybridized carbons (Fsp3) is 0. The Morgan fingerprint density at radius 2 is 2.05 bits per heavy atom. The Morgan fingerprint density at radius 1 is 1.24 bits per heavy atom. The summed E-state index contributed by atoms with van der Waals surface area (Å²) in [6.45, 7) is 0. The number of halogens is 1. The van der Waals surface area contributed by atoms with Crippen LogP contribution in [0.4, 0.5) is 0 Å². The molecule has 0 radical (unpaired) electrons. The lowest BCUT2D eigenvalue weighted by atomic mass is 10.1. The molecule has 0 aliphatic heterocycles. The van der Waals surface area contributed by atoms with E-state index in [4.69, 9.17) is 16.7 Å². The fourth-order valence-corrected chi connectivity index (χ4v) is 2.24. The molecule has 0 amide bonds. The second-order valence-electron chi connectivity index (χ2n) is 4.36. The Hall–Kier alpha value is -2.66. The van der Waals surface area contributed by atoms with Crippen molar-refractivity contribution in [3.8, 4) is 5.69 Å². The van der Waals surface area contributed by atoms with E-state index in [9.17, 15) is 4.79 Å². The Bertz CT molecular complexity index is 855. The van der Waals surface area contributed by atoms with Gasteiger partial charge in [-0.3, -0.25) is 0 Å². The molecule has 6 heteroatoms. The maximum absolute atomic E-state index is 10.7. The third-order valence-electron chi connectivity index (χ3n) is 2.98. The van der Waals surface area contributed by atoms with Gasteiger partial charge in [-0.25, -0.2) is 9.48 Å². The van der Waals surface area contributed by atoms with Crippen LogP contribution in [0.15, 0.2) is 48.5 Å². The van der Waals surface area contributed by atoms with Crippen LogP contribution in [0.5, 0.6) is 0 Å². The number of nitrogens with zero attached hydrogens (tertiary/aromatic N) is 3. The number of carboxylic acid groups (broad SMARTS) is 1. The maximum Gasteiger partial charge on any atom is 0.328 e. The quantitative estimate of drug-likeness (QED) is 0.754. The van der Waals surface area contributed by atoms with Gasteiger partial charge in [0.05, 0.1) is 11.2 Å². The maximum atomic E-state index is 10.7. The van der Waals surface area contributed by atoms with Gasteiger partial charge in [-0.05, 0) is 36.4 Å². The molecular formula is C15H10ClN3O2. The Labute approximate surface area is 125 Å². The van der Waals surface area contributed by atoms with Crippen molar-refractivity contribution in [3.63, 3.8) is 0 Å². The number of aliphatic carboxylic acids is 1. The minimum absolute atomic E-state index is 0.521. The molecule has 5 nitrogen and oxygen atoms in total. The normalized spacial score (nSPS) is 11.3. The molecule has 1 N–H and O–H groups in total. The standard InChI is InChI=1S/C15H10ClN3O2/c16-11-6-7-13(10(9-11)5-8-15(20)21)19-14-4-2-1-3-12(14)17-18-19/h1-9H,(H,20,21)/b8-5+. The van der Waals surface area contributed by atoms with Crippen LogP contribution in [0, 0.1) is 0 Å². The highest BCUT2D eigenvalue weighted by Crippen LogP contribution is 2.23. The second kappa shape index (κ2) is 5.38. The zero-order chi connectivity index (χ0) is 14.8. The molecule has 0 unspecified atom stereocenters. The highest BCUT2D eigenvalue weighted by molar-refractivity contribution is 6.30. The van der Waals surface area contributed by atoms with Gasteiger partial charge in [0, 0.05) is 16.7 Å². The monoisotopic (exact) mass is 299 g/mol. The molecule has 0 atom stereocenters. The summed E-state index contributed by atoms with van der Waals surface area (Å²) in [5.74, 6) is -1.02. The minimum Gasteiger partial charge on any atom is -0.478 e. The van der Waals surface area contributed by atoms with Gasteiger partial charge in [0.2, 0.25) is 0 Å². The van der Waals surface area contributed by atoms with Gasteiger partial charge in [-0.15, -0.1) is 5.10 Å². The molecule has 21 heavy (non-hydrogen) atoms. The number of rotatable bonds is 3.